The lowest BCUT2D eigenvalue weighted by Gasteiger charge is -2.13. The first-order chi connectivity index (χ1) is 9.65. The summed E-state index contributed by atoms with van der Waals surface area (Å²) in [6.07, 6.45) is 3.49. The number of nitrogen functional groups attached to an aromatic ring is 1. The molecule has 0 unspecified atom stereocenters. The zero-order valence-electron chi connectivity index (χ0n) is 11.0. The number of benzene rings is 2. The first-order valence-electron chi connectivity index (χ1n) is 6.30. The molecule has 3 aromatic rings. The molecule has 0 saturated carbocycles. The van der Waals surface area contributed by atoms with E-state index in [-0.39, 0.29) is 5.82 Å². The fraction of sp³-hybridized carbons (Fsp3) is 0.0625. The smallest absolute Gasteiger partial charge is 0.123 e. The predicted octanol–water partition coefficient (Wildman–Crippen LogP) is 4.01. The van der Waals surface area contributed by atoms with Crippen molar-refractivity contribution >= 4 is 27.8 Å². The normalized spacial score (nSPS) is 10.7. The summed E-state index contributed by atoms with van der Waals surface area (Å²) in [4.78, 5) is 4.07. The van der Waals surface area contributed by atoms with Crippen LogP contribution >= 0.6 is 0 Å². The van der Waals surface area contributed by atoms with Crippen molar-refractivity contribution in [2.24, 2.45) is 0 Å². The van der Waals surface area contributed by atoms with Crippen LogP contribution in [0, 0.1) is 12.7 Å². The summed E-state index contributed by atoms with van der Waals surface area (Å²) in [7, 11) is 0. The van der Waals surface area contributed by atoms with E-state index in [9.17, 15) is 4.39 Å². The molecule has 0 aliphatic carbocycles. The van der Waals surface area contributed by atoms with E-state index in [1.165, 1.54) is 12.1 Å². The van der Waals surface area contributed by atoms with E-state index in [0.717, 1.165) is 27.7 Å². The number of rotatable bonds is 2. The number of nitrogens with two attached hydrogens (primary N) is 1. The summed E-state index contributed by atoms with van der Waals surface area (Å²) in [5.41, 5.74) is 9.32. The Bertz CT molecular complexity index is 784. The number of nitrogens with one attached hydrogen (secondary N) is 1. The van der Waals surface area contributed by atoms with E-state index >= 15 is 0 Å². The van der Waals surface area contributed by atoms with Gasteiger partial charge in [-0.05, 0) is 42.8 Å². The van der Waals surface area contributed by atoms with Crippen LogP contribution in [0.5, 0.6) is 0 Å². The number of hydrogen-bond donors (Lipinski definition) is 2. The quantitative estimate of drug-likeness (QED) is 0.690. The van der Waals surface area contributed by atoms with E-state index in [1.807, 2.05) is 25.1 Å². The number of halogens is 1. The largest absolute Gasteiger partial charge is 0.397 e. The monoisotopic (exact) mass is 267 g/mol. The topological polar surface area (TPSA) is 50.9 Å². The van der Waals surface area contributed by atoms with Gasteiger partial charge in [-0.2, -0.15) is 0 Å². The van der Waals surface area contributed by atoms with Crippen LogP contribution in [0.15, 0.2) is 48.8 Å². The number of aromatic nitrogens is 1. The molecule has 0 aliphatic rings. The van der Waals surface area contributed by atoms with Crippen LogP contribution in [0.2, 0.25) is 0 Å². The molecule has 0 bridgehead atoms. The van der Waals surface area contributed by atoms with E-state index in [0.29, 0.717) is 5.69 Å². The molecular formula is C16H14FN3. The molecule has 100 valence electrons. The maximum Gasteiger partial charge on any atom is 0.123 e. The highest BCUT2D eigenvalue weighted by Crippen LogP contribution is 2.31. The van der Waals surface area contributed by atoms with Crippen molar-refractivity contribution in [3.63, 3.8) is 0 Å². The average molecular weight is 267 g/mol. The third kappa shape index (κ3) is 2.16. The third-order valence-electron chi connectivity index (χ3n) is 3.32. The summed E-state index contributed by atoms with van der Waals surface area (Å²) >= 11 is 0. The van der Waals surface area contributed by atoms with Gasteiger partial charge in [0.1, 0.15) is 5.82 Å². The average Bonchev–Trinajstić information content (AvgIpc) is 2.45. The minimum absolute atomic E-state index is 0.245. The van der Waals surface area contributed by atoms with Crippen LogP contribution in [0.25, 0.3) is 10.8 Å². The van der Waals surface area contributed by atoms with Gasteiger partial charge >= 0.3 is 0 Å². The molecule has 0 spiro atoms. The van der Waals surface area contributed by atoms with Gasteiger partial charge in [0.05, 0.1) is 11.4 Å². The molecule has 4 heteroatoms. The lowest BCUT2D eigenvalue weighted by atomic mass is 10.1. The molecule has 0 saturated heterocycles. The molecule has 3 nitrogen and oxygen atoms in total. The van der Waals surface area contributed by atoms with E-state index in [1.54, 1.807) is 18.5 Å². The molecule has 1 heterocycles. The number of fused-ring (bicyclic) bond motifs is 1. The van der Waals surface area contributed by atoms with Gasteiger partial charge in [-0.1, -0.05) is 6.07 Å². The van der Waals surface area contributed by atoms with Crippen LogP contribution in [0.1, 0.15) is 5.56 Å². The Morgan fingerprint density at radius 1 is 1.10 bits per heavy atom. The third-order valence-corrected chi connectivity index (χ3v) is 3.32. The number of pyridine rings is 1. The zero-order valence-corrected chi connectivity index (χ0v) is 11.0. The maximum absolute atomic E-state index is 13.1. The van der Waals surface area contributed by atoms with Crippen LogP contribution in [0.3, 0.4) is 0 Å². The summed E-state index contributed by atoms with van der Waals surface area (Å²) in [5, 5.41) is 5.19. The van der Waals surface area contributed by atoms with Gasteiger partial charge in [0, 0.05) is 28.9 Å². The first-order valence-corrected chi connectivity index (χ1v) is 6.30. The Morgan fingerprint density at radius 2 is 1.90 bits per heavy atom. The second kappa shape index (κ2) is 4.81. The molecular weight excluding hydrogens is 253 g/mol. The van der Waals surface area contributed by atoms with Gasteiger partial charge in [0.15, 0.2) is 0 Å². The van der Waals surface area contributed by atoms with Crippen molar-refractivity contribution in [3.8, 4) is 0 Å². The van der Waals surface area contributed by atoms with E-state index < -0.39 is 0 Å². The summed E-state index contributed by atoms with van der Waals surface area (Å²) in [6.45, 7) is 1.85. The Balaban J connectivity index is 2.04. The number of hydrogen-bond acceptors (Lipinski definition) is 3. The molecule has 0 radical (unpaired) electrons. The molecule has 0 atom stereocenters. The lowest BCUT2D eigenvalue weighted by Crippen LogP contribution is -1.99. The lowest BCUT2D eigenvalue weighted by molar-refractivity contribution is 0.627. The predicted molar refractivity (Wildman–Crippen MR) is 80.6 cm³/mol. The Kier molecular flexibility index (Phi) is 2.99. The van der Waals surface area contributed by atoms with Crippen molar-refractivity contribution in [1.29, 1.82) is 0 Å². The van der Waals surface area contributed by atoms with Crippen molar-refractivity contribution in [1.82, 2.24) is 4.98 Å². The van der Waals surface area contributed by atoms with Crippen molar-refractivity contribution < 1.29 is 4.39 Å². The zero-order chi connectivity index (χ0) is 14.1. The maximum atomic E-state index is 13.1. The first kappa shape index (κ1) is 12.4. The van der Waals surface area contributed by atoms with Crippen LogP contribution in [0.4, 0.5) is 21.5 Å². The standard InChI is InChI=1S/C16H14FN3/c1-10-8-12(17)3-5-14(10)20-15-4-2-11-9-19-7-6-13(11)16(15)18/h2-9,20H,18H2,1H3. The molecule has 3 rings (SSSR count). The highest BCUT2D eigenvalue weighted by Gasteiger charge is 2.06. The number of nitrogens with zero attached hydrogens (tertiary/aromatic N) is 1. The molecule has 0 aliphatic heterocycles. The fourth-order valence-corrected chi connectivity index (χ4v) is 2.21. The van der Waals surface area contributed by atoms with Gasteiger partial charge in [-0.25, -0.2) is 4.39 Å². The minimum atomic E-state index is -0.245. The number of anilines is 3. The van der Waals surface area contributed by atoms with Gasteiger partial charge in [-0.3, -0.25) is 4.98 Å². The van der Waals surface area contributed by atoms with Crippen molar-refractivity contribution in [3.05, 3.63) is 60.2 Å². The minimum Gasteiger partial charge on any atom is -0.397 e. The second-order valence-corrected chi connectivity index (χ2v) is 4.71. The molecule has 3 N–H and O–H groups in total. The van der Waals surface area contributed by atoms with Crippen molar-refractivity contribution in [2.45, 2.75) is 6.92 Å². The second-order valence-electron chi connectivity index (χ2n) is 4.71. The van der Waals surface area contributed by atoms with Crippen LogP contribution < -0.4 is 11.1 Å². The summed E-state index contributed by atoms with van der Waals surface area (Å²) < 4.78 is 13.1. The number of aryl methyl sites for hydroxylation is 1. The van der Waals surface area contributed by atoms with Gasteiger partial charge in [-0.15, -0.1) is 0 Å². The summed E-state index contributed by atoms with van der Waals surface area (Å²) in [5.74, 6) is -0.245. The fourth-order valence-electron chi connectivity index (χ4n) is 2.21. The molecule has 20 heavy (non-hydrogen) atoms. The Morgan fingerprint density at radius 3 is 2.70 bits per heavy atom. The molecule has 0 fully saturated rings. The SMILES string of the molecule is Cc1cc(F)ccc1Nc1ccc2cnccc2c1N. The molecule has 2 aromatic carbocycles. The van der Waals surface area contributed by atoms with Gasteiger partial charge < -0.3 is 11.1 Å². The van der Waals surface area contributed by atoms with Gasteiger partial charge in [0.25, 0.3) is 0 Å². The Labute approximate surface area is 116 Å². The highest BCUT2D eigenvalue weighted by molar-refractivity contribution is 5.99. The van der Waals surface area contributed by atoms with Crippen LogP contribution in [-0.4, -0.2) is 4.98 Å². The van der Waals surface area contributed by atoms with Gasteiger partial charge in [0.2, 0.25) is 0 Å². The van der Waals surface area contributed by atoms with E-state index in [2.05, 4.69) is 10.3 Å². The van der Waals surface area contributed by atoms with Crippen LogP contribution in [-0.2, 0) is 0 Å². The molecule has 1 aromatic heterocycles. The van der Waals surface area contributed by atoms with E-state index in [4.69, 9.17) is 5.73 Å². The Hall–Kier alpha value is -2.62. The highest BCUT2D eigenvalue weighted by atomic mass is 19.1. The molecule has 0 amide bonds. The van der Waals surface area contributed by atoms with Crippen molar-refractivity contribution in [2.75, 3.05) is 11.1 Å². The summed E-state index contributed by atoms with van der Waals surface area (Å²) in [6, 6.07) is 10.4.